The van der Waals surface area contributed by atoms with E-state index >= 15 is 0 Å². The summed E-state index contributed by atoms with van der Waals surface area (Å²) in [6, 6.07) is 4.85. The Balaban J connectivity index is 1.74. The molecule has 0 spiro atoms. The number of carbonyl (C=O) groups excluding carboxylic acids is 1. The molecular formula is C16H23NO2. The van der Waals surface area contributed by atoms with E-state index in [0.717, 1.165) is 24.4 Å². The Kier molecular flexibility index (Phi) is 4.83. The topological polar surface area (TPSA) is 49.3 Å². The lowest BCUT2D eigenvalue weighted by Crippen LogP contribution is -2.25. The Bertz CT molecular complexity index is 436. The summed E-state index contributed by atoms with van der Waals surface area (Å²) in [6.45, 7) is 2.59. The molecule has 104 valence electrons. The molecule has 1 aliphatic carbocycles. The summed E-state index contributed by atoms with van der Waals surface area (Å²) in [5, 5.41) is 12.3. The molecule has 0 aromatic heterocycles. The normalized spacial score (nSPS) is 15.6. The lowest BCUT2D eigenvalue weighted by atomic mass is 10.0. The molecule has 3 heteroatoms. The number of aryl methyl sites for hydroxylation is 1. The van der Waals surface area contributed by atoms with Gasteiger partial charge in [0.15, 0.2) is 0 Å². The van der Waals surface area contributed by atoms with Crippen molar-refractivity contribution < 1.29 is 9.90 Å². The molecule has 0 radical (unpaired) electrons. The molecule has 0 atom stereocenters. The zero-order chi connectivity index (χ0) is 13.7. The Morgan fingerprint density at radius 3 is 2.79 bits per heavy atom. The predicted octanol–water partition coefficient (Wildman–Crippen LogP) is 3.40. The zero-order valence-electron chi connectivity index (χ0n) is 11.6. The maximum Gasteiger partial charge on any atom is 0.251 e. The molecule has 0 aliphatic heterocycles. The summed E-state index contributed by atoms with van der Waals surface area (Å²) in [4.78, 5) is 12.0. The van der Waals surface area contributed by atoms with Crippen LogP contribution in [0.25, 0.3) is 0 Å². The minimum Gasteiger partial charge on any atom is -0.508 e. The van der Waals surface area contributed by atoms with Crippen molar-refractivity contribution in [1.82, 2.24) is 5.32 Å². The van der Waals surface area contributed by atoms with Crippen LogP contribution in [0.2, 0.25) is 0 Å². The molecule has 1 aromatic carbocycles. The average Bonchev–Trinajstić information content (AvgIpc) is 2.87. The molecule has 3 nitrogen and oxygen atoms in total. The van der Waals surface area contributed by atoms with Crippen molar-refractivity contribution in [2.45, 2.75) is 45.4 Å². The molecular weight excluding hydrogens is 238 g/mol. The van der Waals surface area contributed by atoms with E-state index in [1.807, 2.05) is 6.92 Å². The largest absolute Gasteiger partial charge is 0.508 e. The fourth-order valence-corrected chi connectivity index (χ4v) is 2.89. The van der Waals surface area contributed by atoms with Crippen molar-refractivity contribution in [2.24, 2.45) is 5.92 Å². The minimum atomic E-state index is -0.0380. The molecule has 1 aliphatic rings. The van der Waals surface area contributed by atoms with E-state index in [-0.39, 0.29) is 11.7 Å². The van der Waals surface area contributed by atoms with Crippen LogP contribution in [0.15, 0.2) is 18.2 Å². The Morgan fingerprint density at radius 2 is 2.11 bits per heavy atom. The van der Waals surface area contributed by atoms with Crippen molar-refractivity contribution in [1.29, 1.82) is 0 Å². The summed E-state index contributed by atoms with van der Waals surface area (Å²) in [7, 11) is 0. The second-order valence-corrected chi connectivity index (χ2v) is 5.55. The van der Waals surface area contributed by atoms with E-state index in [4.69, 9.17) is 0 Å². The molecule has 0 unspecified atom stereocenters. The zero-order valence-corrected chi connectivity index (χ0v) is 11.6. The van der Waals surface area contributed by atoms with Gasteiger partial charge in [-0.1, -0.05) is 25.7 Å². The lowest BCUT2D eigenvalue weighted by molar-refractivity contribution is 0.0952. The number of hydrogen-bond donors (Lipinski definition) is 2. The smallest absolute Gasteiger partial charge is 0.251 e. The number of phenolic OH excluding ortho intramolecular Hbond substituents is 1. The van der Waals surface area contributed by atoms with Gasteiger partial charge in [-0.15, -0.1) is 0 Å². The second-order valence-electron chi connectivity index (χ2n) is 5.55. The van der Waals surface area contributed by atoms with Crippen molar-refractivity contribution in [3.63, 3.8) is 0 Å². The number of nitrogens with one attached hydrogen (secondary N) is 1. The van der Waals surface area contributed by atoms with Crippen LogP contribution in [-0.4, -0.2) is 17.6 Å². The SMILES string of the molecule is Cc1cc(O)ccc1C(=O)NCCCC1CCCC1. The number of hydrogen-bond acceptors (Lipinski definition) is 2. The third kappa shape index (κ3) is 3.98. The highest BCUT2D eigenvalue weighted by atomic mass is 16.3. The van der Waals surface area contributed by atoms with Gasteiger partial charge >= 0.3 is 0 Å². The number of rotatable bonds is 5. The Labute approximate surface area is 115 Å². The second kappa shape index (κ2) is 6.60. The monoisotopic (exact) mass is 261 g/mol. The number of benzene rings is 1. The highest BCUT2D eigenvalue weighted by Gasteiger charge is 2.14. The molecule has 2 N–H and O–H groups in total. The Hall–Kier alpha value is -1.51. The first-order chi connectivity index (χ1) is 9.16. The molecule has 0 bridgehead atoms. The van der Waals surface area contributed by atoms with Crippen molar-refractivity contribution in [3.05, 3.63) is 29.3 Å². The van der Waals surface area contributed by atoms with E-state index in [9.17, 15) is 9.90 Å². The van der Waals surface area contributed by atoms with Gasteiger partial charge in [0, 0.05) is 12.1 Å². The summed E-state index contributed by atoms with van der Waals surface area (Å²) in [6.07, 6.45) is 7.78. The maximum absolute atomic E-state index is 12.0. The highest BCUT2D eigenvalue weighted by Crippen LogP contribution is 2.28. The molecule has 1 fully saturated rings. The fourth-order valence-electron chi connectivity index (χ4n) is 2.89. The van der Waals surface area contributed by atoms with Crippen molar-refractivity contribution >= 4 is 5.91 Å². The van der Waals surface area contributed by atoms with E-state index in [0.29, 0.717) is 5.56 Å². The number of phenols is 1. The molecule has 1 aromatic rings. The molecule has 2 rings (SSSR count). The molecule has 0 saturated heterocycles. The van der Waals surface area contributed by atoms with Crippen LogP contribution < -0.4 is 5.32 Å². The lowest BCUT2D eigenvalue weighted by Gasteiger charge is -2.10. The standard InChI is InChI=1S/C16H23NO2/c1-12-11-14(18)8-9-15(12)16(19)17-10-4-7-13-5-2-3-6-13/h8-9,11,13,18H,2-7,10H2,1H3,(H,17,19). The van der Waals surface area contributed by atoms with Gasteiger partial charge in [0.25, 0.3) is 5.91 Å². The van der Waals surface area contributed by atoms with Gasteiger partial charge in [0.1, 0.15) is 5.75 Å². The predicted molar refractivity (Wildman–Crippen MR) is 76.4 cm³/mol. The minimum absolute atomic E-state index is 0.0380. The third-order valence-corrected chi connectivity index (χ3v) is 4.00. The van der Waals surface area contributed by atoms with E-state index in [1.165, 1.54) is 32.1 Å². The van der Waals surface area contributed by atoms with Crippen LogP contribution in [-0.2, 0) is 0 Å². The van der Waals surface area contributed by atoms with Gasteiger partial charge in [-0.05, 0) is 49.4 Å². The summed E-state index contributed by atoms with van der Waals surface area (Å²) >= 11 is 0. The quantitative estimate of drug-likeness (QED) is 0.798. The van der Waals surface area contributed by atoms with E-state index < -0.39 is 0 Å². The van der Waals surface area contributed by atoms with Gasteiger partial charge in [-0.2, -0.15) is 0 Å². The van der Waals surface area contributed by atoms with Crippen LogP contribution in [0, 0.1) is 12.8 Å². The van der Waals surface area contributed by atoms with Gasteiger partial charge in [-0.25, -0.2) is 0 Å². The first-order valence-corrected chi connectivity index (χ1v) is 7.24. The van der Waals surface area contributed by atoms with Crippen molar-refractivity contribution in [2.75, 3.05) is 6.54 Å². The van der Waals surface area contributed by atoms with Gasteiger partial charge in [0.2, 0.25) is 0 Å². The summed E-state index contributed by atoms with van der Waals surface area (Å²) in [5.41, 5.74) is 1.46. The number of amides is 1. The van der Waals surface area contributed by atoms with Crippen molar-refractivity contribution in [3.8, 4) is 5.75 Å². The molecule has 1 saturated carbocycles. The van der Waals surface area contributed by atoms with E-state index in [2.05, 4.69) is 5.32 Å². The van der Waals surface area contributed by atoms with Crippen LogP contribution in [0.5, 0.6) is 5.75 Å². The van der Waals surface area contributed by atoms with Gasteiger partial charge in [0.05, 0.1) is 0 Å². The van der Waals surface area contributed by atoms with Gasteiger partial charge < -0.3 is 10.4 Å². The Morgan fingerprint density at radius 1 is 1.37 bits per heavy atom. The highest BCUT2D eigenvalue weighted by molar-refractivity contribution is 5.95. The first-order valence-electron chi connectivity index (χ1n) is 7.24. The number of carbonyl (C=O) groups is 1. The number of aromatic hydroxyl groups is 1. The average molecular weight is 261 g/mol. The maximum atomic E-state index is 12.0. The van der Waals surface area contributed by atoms with Gasteiger partial charge in [-0.3, -0.25) is 4.79 Å². The van der Waals surface area contributed by atoms with E-state index in [1.54, 1.807) is 18.2 Å². The summed E-state index contributed by atoms with van der Waals surface area (Å²) in [5.74, 6) is 1.05. The van der Waals surface area contributed by atoms with Crippen LogP contribution in [0.1, 0.15) is 54.4 Å². The third-order valence-electron chi connectivity index (χ3n) is 4.00. The molecule has 1 amide bonds. The van der Waals surface area contributed by atoms with Crippen LogP contribution in [0.4, 0.5) is 0 Å². The first kappa shape index (κ1) is 13.9. The summed E-state index contributed by atoms with van der Waals surface area (Å²) < 4.78 is 0. The van der Waals surface area contributed by atoms with Crippen LogP contribution >= 0.6 is 0 Å². The molecule has 0 heterocycles. The molecule has 19 heavy (non-hydrogen) atoms. The fraction of sp³-hybridized carbons (Fsp3) is 0.562. The van der Waals surface area contributed by atoms with Crippen LogP contribution in [0.3, 0.4) is 0 Å².